The summed E-state index contributed by atoms with van der Waals surface area (Å²) in [6, 6.07) is 2.40. The van der Waals surface area contributed by atoms with Crippen molar-refractivity contribution in [1.29, 1.82) is 0 Å². The van der Waals surface area contributed by atoms with Crippen LogP contribution in [-0.2, 0) is 0 Å². The van der Waals surface area contributed by atoms with E-state index in [1.165, 1.54) is 6.20 Å². The van der Waals surface area contributed by atoms with Gasteiger partial charge in [0.15, 0.2) is 0 Å². The molecule has 1 heterocycles. The summed E-state index contributed by atoms with van der Waals surface area (Å²) in [5.41, 5.74) is 1.05. The zero-order valence-electron chi connectivity index (χ0n) is 11.2. The molecule has 2 atom stereocenters. The number of nitrogens with one attached hydrogen (secondary N) is 1. The molecular formula is C14H17F3N2O. The van der Waals surface area contributed by atoms with E-state index in [0.29, 0.717) is 24.8 Å². The van der Waals surface area contributed by atoms with E-state index in [-0.39, 0.29) is 6.42 Å². The van der Waals surface area contributed by atoms with Crippen molar-refractivity contribution in [3.63, 3.8) is 0 Å². The lowest BCUT2D eigenvalue weighted by Crippen LogP contribution is -2.47. The van der Waals surface area contributed by atoms with E-state index in [2.05, 4.69) is 10.3 Å². The van der Waals surface area contributed by atoms with E-state index in [4.69, 9.17) is 0 Å². The smallest absolute Gasteiger partial charge is 0.349 e. The van der Waals surface area contributed by atoms with Crippen molar-refractivity contribution >= 4 is 5.91 Å². The highest BCUT2D eigenvalue weighted by Crippen LogP contribution is 2.37. The predicted octanol–water partition coefficient (Wildman–Crippen LogP) is 3.24. The number of carbonyl (C=O) groups excluding carboxylic acids is 1. The molecule has 1 saturated carbocycles. The van der Waals surface area contributed by atoms with Gasteiger partial charge in [-0.1, -0.05) is 12.8 Å². The standard InChI is InChI=1S/C14H17F3N2O/c1-9-6-7-10(8-18-9)13(20)19-12-5-3-2-4-11(12)14(15,16)17/h6-8,11-12H,2-5H2,1H3,(H,19,20)/t11-,12-/m0/s1. The van der Waals surface area contributed by atoms with Crippen LogP contribution in [0.25, 0.3) is 0 Å². The number of aryl methyl sites for hydroxylation is 1. The minimum Gasteiger partial charge on any atom is -0.349 e. The topological polar surface area (TPSA) is 42.0 Å². The molecule has 1 aliphatic rings. The van der Waals surface area contributed by atoms with E-state index in [1.54, 1.807) is 19.1 Å². The lowest BCUT2D eigenvalue weighted by molar-refractivity contribution is -0.187. The number of carbonyl (C=O) groups is 1. The lowest BCUT2D eigenvalue weighted by atomic mass is 9.84. The van der Waals surface area contributed by atoms with Crippen LogP contribution in [0.5, 0.6) is 0 Å². The van der Waals surface area contributed by atoms with Gasteiger partial charge in [-0.3, -0.25) is 9.78 Å². The van der Waals surface area contributed by atoms with Gasteiger partial charge in [-0.15, -0.1) is 0 Å². The molecule has 0 aliphatic heterocycles. The summed E-state index contributed by atoms with van der Waals surface area (Å²) in [5.74, 6) is -1.93. The van der Waals surface area contributed by atoms with Crippen molar-refractivity contribution in [3.8, 4) is 0 Å². The molecule has 0 radical (unpaired) electrons. The zero-order chi connectivity index (χ0) is 14.8. The first-order chi connectivity index (χ1) is 9.38. The van der Waals surface area contributed by atoms with Gasteiger partial charge in [0, 0.05) is 17.9 Å². The van der Waals surface area contributed by atoms with Gasteiger partial charge in [0.05, 0.1) is 11.5 Å². The molecule has 0 aromatic carbocycles. The van der Waals surface area contributed by atoms with E-state index in [9.17, 15) is 18.0 Å². The SMILES string of the molecule is Cc1ccc(C(=O)N[C@H]2CCCC[C@@H]2C(F)(F)F)cn1. The number of halogens is 3. The molecule has 0 spiro atoms. The van der Waals surface area contributed by atoms with Crippen molar-refractivity contribution in [3.05, 3.63) is 29.6 Å². The van der Waals surface area contributed by atoms with Gasteiger partial charge in [0.1, 0.15) is 0 Å². The Kier molecular flexibility index (Phi) is 4.30. The molecule has 0 unspecified atom stereocenters. The lowest BCUT2D eigenvalue weighted by Gasteiger charge is -2.33. The minimum atomic E-state index is -4.26. The molecule has 0 bridgehead atoms. The monoisotopic (exact) mass is 286 g/mol. The number of hydrogen-bond acceptors (Lipinski definition) is 2. The normalized spacial score (nSPS) is 23.4. The maximum absolute atomic E-state index is 12.9. The molecule has 1 fully saturated rings. The van der Waals surface area contributed by atoms with Crippen molar-refractivity contribution in [2.75, 3.05) is 0 Å². The van der Waals surface area contributed by atoms with Gasteiger partial charge in [0.2, 0.25) is 0 Å². The molecule has 20 heavy (non-hydrogen) atoms. The van der Waals surface area contributed by atoms with Crippen LogP contribution in [0, 0.1) is 12.8 Å². The highest BCUT2D eigenvalue weighted by atomic mass is 19.4. The number of hydrogen-bond donors (Lipinski definition) is 1. The second-order valence-corrected chi connectivity index (χ2v) is 5.20. The maximum atomic E-state index is 12.9. The van der Waals surface area contributed by atoms with Gasteiger partial charge in [-0.2, -0.15) is 13.2 Å². The Labute approximate surface area is 115 Å². The van der Waals surface area contributed by atoms with E-state index in [0.717, 1.165) is 5.69 Å². The fraction of sp³-hybridized carbons (Fsp3) is 0.571. The van der Waals surface area contributed by atoms with Crippen molar-refractivity contribution in [2.24, 2.45) is 5.92 Å². The molecule has 1 amide bonds. The third-order valence-electron chi connectivity index (χ3n) is 3.68. The molecule has 2 rings (SSSR count). The maximum Gasteiger partial charge on any atom is 0.393 e. The Bertz CT molecular complexity index is 470. The summed E-state index contributed by atoms with van der Waals surface area (Å²) in [5, 5.41) is 2.51. The van der Waals surface area contributed by atoms with Crippen LogP contribution in [0.2, 0.25) is 0 Å². The summed E-state index contributed by atoms with van der Waals surface area (Å²) >= 11 is 0. The number of pyridine rings is 1. The molecule has 1 aliphatic carbocycles. The number of nitrogens with zero attached hydrogens (tertiary/aromatic N) is 1. The number of amides is 1. The fourth-order valence-corrected chi connectivity index (χ4v) is 2.55. The van der Waals surface area contributed by atoms with Gasteiger partial charge in [-0.25, -0.2) is 0 Å². The first-order valence-corrected chi connectivity index (χ1v) is 6.68. The average Bonchev–Trinajstić information content (AvgIpc) is 2.38. The first-order valence-electron chi connectivity index (χ1n) is 6.68. The molecule has 3 nitrogen and oxygen atoms in total. The van der Waals surface area contributed by atoms with Crippen LogP contribution in [0.4, 0.5) is 13.2 Å². The molecular weight excluding hydrogens is 269 g/mol. The highest BCUT2D eigenvalue weighted by molar-refractivity contribution is 5.94. The quantitative estimate of drug-likeness (QED) is 0.907. The van der Waals surface area contributed by atoms with Crippen LogP contribution in [-0.4, -0.2) is 23.1 Å². The van der Waals surface area contributed by atoms with Gasteiger partial charge in [0.25, 0.3) is 5.91 Å². The summed E-state index contributed by atoms with van der Waals surface area (Å²) in [6.45, 7) is 1.78. The highest BCUT2D eigenvalue weighted by Gasteiger charge is 2.45. The fourth-order valence-electron chi connectivity index (χ4n) is 2.55. The number of aromatic nitrogens is 1. The predicted molar refractivity (Wildman–Crippen MR) is 68.2 cm³/mol. The number of alkyl halides is 3. The Hall–Kier alpha value is -1.59. The molecule has 1 aromatic heterocycles. The minimum absolute atomic E-state index is 0.0839. The Morgan fingerprint density at radius 3 is 2.60 bits per heavy atom. The summed E-state index contributed by atoms with van der Waals surface area (Å²) in [4.78, 5) is 16.0. The third-order valence-corrected chi connectivity index (χ3v) is 3.68. The second kappa shape index (κ2) is 5.81. The molecule has 0 saturated heterocycles. The molecule has 1 N–H and O–H groups in total. The second-order valence-electron chi connectivity index (χ2n) is 5.20. The summed E-state index contributed by atoms with van der Waals surface area (Å²) in [6.07, 6.45) is -1.15. The van der Waals surface area contributed by atoms with Crippen LogP contribution in [0.3, 0.4) is 0 Å². The van der Waals surface area contributed by atoms with Gasteiger partial charge >= 0.3 is 6.18 Å². The van der Waals surface area contributed by atoms with Crippen molar-refractivity contribution in [1.82, 2.24) is 10.3 Å². The van der Waals surface area contributed by atoms with E-state index in [1.807, 2.05) is 0 Å². The van der Waals surface area contributed by atoms with Crippen LogP contribution in [0.15, 0.2) is 18.3 Å². The largest absolute Gasteiger partial charge is 0.393 e. The summed E-state index contributed by atoms with van der Waals surface area (Å²) < 4.78 is 38.8. The van der Waals surface area contributed by atoms with Crippen molar-refractivity contribution in [2.45, 2.75) is 44.8 Å². The Morgan fingerprint density at radius 1 is 1.30 bits per heavy atom. The van der Waals surface area contributed by atoms with Gasteiger partial charge in [-0.05, 0) is 31.9 Å². The number of rotatable bonds is 2. The first kappa shape index (κ1) is 14.8. The van der Waals surface area contributed by atoms with E-state index >= 15 is 0 Å². The molecule has 1 aromatic rings. The Morgan fingerprint density at radius 2 is 2.00 bits per heavy atom. The van der Waals surface area contributed by atoms with Crippen LogP contribution in [0.1, 0.15) is 41.7 Å². The van der Waals surface area contributed by atoms with Crippen molar-refractivity contribution < 1.29 is 18.0 Å². The zero-order valence-corrected chi connectivity index (χ0v) is 11.2. The molecule has 110 valence electrons. The molecule has 6 heteroatoms. The van der Waals surface area contributed by atoms with Crippen LogP contribution < -0.4 is 5.32 Å². The third kappa shape index (κ3) is 3.49. The van der Waals surface area contributed by atoms with Gasteiger partial charge < -0.3 is 5.32 Å². The Balaban J connectivity index is 2.07. The summed E-state index contributed by atoms with van der Waals surface area (Å²) in [7, 11) is 0. The van der Waals surface area contributed by atoms with E-state index < -0.39 is 24.0 Å². The van der Waals surface area contributed by atoms with Crippen LogP contribution >= 0.6 is 0 Å². The average molecular weight is 286 g/mol.